The van der Waals surface area contributed by atoms with Crippen molar-refractivity contribution in [3.8, 4) is 0 Å². The number of thiazole rings is 1. The molecule has 4 nitrogen and oxygen atoms in total. The summed E-state index contributed by atoms with van der Waals surface area (Å²) < 4.78 is 40.1. The van der Waals surface area contributed by atoms with E-state index in [0.717, 1.165) is 49.2 Å². The summed E-state index contributed by atoms with van der Waals surface area (Å²) in [7, 11) is 0. The number of rotatable bonds is 3. The van der Waals surface area contributed by atoms with E-state index in [-0.39, 0.29) is 11.6 Å². The molecule has 0 aliphatic carbocycles. The van der Waals surface area contributed by atoms with Crippen LogP contribution in [0.1, 0.15) is 47.8 Å². The maximum atomic E-state index is 12.8. The van der Waals surface area contributed by atoms with Gasteiger partial charge in [0.05, 0.1) is 11.3 Å². The van der Waals surface area contributed by atoms with E-state index in [2.05, 4.69) is 9.88 Å². The maximum absolute atomic E-state index is 12.8. The quantitative estimate of drug-likeness (QED) is 0.625. The van der Waals surface area contributed by atoms with Gasteiger partial charge in [-0.2, -0.15) is 13.2 Å². The third-order valence-corrected chi connectivity index (χ3v) is 6.17. The lowest BCUT2D eigenvalue weighted by Crippen LogP contribution is -2.33. The van der Waals surface area contributed by atoms with E-state index >= 15 is 0 Å². The highest BCUT2D eigenvalue weighted by Gasteiger charge is 2.31. The van der Waals surface area contributed by atoms with Gasteiger partial charge in [0, 0.05) is 29.7 Å². The van der Waals surface area contributed by atoms with Crippen molar-refractivity contribution in [2.75, 3.05) is 6.54 Å². The van der Waals surface area contributed by atoms with Crippen LogP contribution in [0.2, 0.25) is 0 Å². The lowest BCUT2D eigenvalue weighted by molar-refractivity contribution is -0.137. The van der Waals surface area contributed by atoms with E-state index in [9.17, 15) is 18.0 Å². The first-order chi connectivity index (χ1) is 13.3. The van der Waals surface area contributed by atoms with Gasteiger partial charge in [0.15, 0.2) is 4.96 Å². The van der Waals surface area contributed by atoms with Gasteiger partial charge in [0.1, 0.15) is 0 Å². The van der Waals surface area contributed by atoms with Crippen LogP contribution < -0.4 is 5.56 Å². The first-order valence-electron chi connectivity index (χ1n) is 9.21. The molecule has 148 valence electrons. The van der Waals surface area contributed by atoms with Crippen molar-refractivity contribution in [1.29, 1.82) is 0 Å². The fourth-order valence-electron chi connectivity index (χ4n) is 3.84. The van der Waals surface area contributed by atoms with Crippen molar-refractivity contribution in [3.63, 3.8) is 0 Å². The van der Waals surface area contributed by atoms with Crippen molar-refractivity contribution in [2.45, 2.75) is 44.9 Å². The second-order valence-electron chi connectivity index (χ2n) is 7.18. The van der Waals surface area contributed by atoms with Crippen LogP contribution in [-0.4, -0.2) is 20.8 Å². The molecule has 0 spiro atoms. The normalized spacial score (nSPS) is 18.6. The molecule has 28 heavy (non-hydrogen) atoms. The number of benzene rings is 1. The van der Waals surface area contributed by atoms with E-state index in [1.165, 1.54) is 11.3 Å². The molecule has 2 aromatic heterocycles. The van der Waals surface area contributed by atoms with Gasteiger partial charge in [0.2, 0.25) is 0 Å². The number of hydrogen-bond acceptors (Lipinski definition) is 4. The molecule has 1 aliphatic heterocycles. The molecule has 1 atom stereocenters. The number of alkyl halides is 3. The Morgan fingerprint density at radius 1 is 1.21 bits per heavy atom. The van der Waals surface area contributed by atoms with Crippen molar-refractivity contribution >= 4 is 16.3 Å². The van der Waals surface area contributed by atoms with Gasteiger partial charge in [-0.3, -0.25) is 14.1 Å². The van der Waals surface area contributed by atoms with E-state index in [0.29, 0.717) is 17.2 Å². The molecule has 1 fully saturated rings. The van der Waals surface area contributed by atoms with Crippen molar-refractivity contribution < 1.29 is 13.2 Å². The fraction of sp³-hybridized carbons (Fsp3) is 0.400. The molecule has 3 aromatic rings. The SMILES string of the molecule is Cc1csc2nc(CN3CCCCC3c3ccc(C(F)(F)F)cc3)cc(=O)n12. The number of nitrogens with zero attached hydrogens (tertiary/aromatic N) is 3. The summed E-state index contributed by atoms with van der Waals surface area (Å²) >= 11 is 1.43. The Morgan fingerprint density at radius 2 is 1.96 bits per heavy atom. The highest BCUT2D eigenvalue weighted by Crippen LogP contribution is 2.34. The van der Waals surface area contributed by atoms with Gasteiger partial charge in [-0.05, 0) is 44.0 Å². The van der Waals surface area contributed by atoms with Crippen LogP contribution in [0.15, 0.2) is 40.5 Å². The minimum absolute atomic E-state index is 0.0290. The highest BCUT2D eigenvalue weighted by atomic mass is 32.1. The van der Waals surface area contributed by atoms with Gasteiger partial charge in [-0.15, -0.1) is 11.3 Å². The predicted octanol–water partition coefficient (Wildman–Crippen LogP) is 4.81. The molecule has 0 amide bonds. The Morgan fingerprint density at radius 3 is 2.68 bits per heavy atom. The van der Waals surface area contributed by atoms with Crippen LogP contribution in [0.3, 0.4) is 0 Å². The Hall–Kier alpha value is -2.19. The Balaban J connectivity index is 1.60. The van der Waals surface area contributed by atoms with Crippen molar-refractivity contribution in [2.24, 2.45) is 0 Å². The molecule has 0 bridgehead atoms. The molecule has 0 N–H and O–H groups in total. The highest BCUT2D eigenvalue weighted by molar-refractivity contribution is 7.15. The van der Waals surface area contributed by atoms with E-state index < -0.39 is 11.7 Å². The van der Waals surface area contributed by atoms with Crippen LogP contribution >= 0.6 is 11.3 Å². The van der Waals surface area contributed by atoms with Crippen LogP contribution in [0.5, 0.6) is 0 Å². The van der Waals surface area contributed by atoms with Gasteiger partial charge >= 0.3 is 6.18 Å². The minimum Gasteiger partial charge on any atom is -0.291 e. The fourth-order valence-corrected chi connectivity index (χ4v) is 4.73. The number of hydrogen-bond donors (Lipinski definition) is 0. The molecule has 0 radical (unpaired) electrons. The van der Waals surface area contributed by atoms with Crippen LogP contribution in [0.25, 0.3) is 4.96 Å². The summed E-state index contributed by atoms with van der Waals surface area (Å²) in [6.45, 7) is 3.21. The van der Waals surface area contributed by atoms with Gasteiger partial charge in [0.25, 0.3) is 5.56 Å². The third kappa shape index (κ3) is 3.71. The monoisotopic (exact) mass is 407 g/mol. The number of piperidine rings is 1. The predicted molar refractivity (Wildman–Crippen MR) is 103 cm³/mol. The van der Waals surface area contributed by atoms with Crippen LogP contribution in [0.4, 0.5) is 13.2 Å². The summed E-state index contributed by atoms with van der Waals surface area (Å²) in [5.41, 5.74) is 1.71. The molecule has 8 heteroatoms. The second-order valence-corrected chi connectivity index (χ2v) is 8.02. The zero-order valence-corrected chi connectivity index (χ0v) is 16.2. The molecule has 3 heterocycles. The molecular formula is C20H20F3N3OS. The first kappa shape index (κ1) is 19.1. The molecular weight excluding hydrogens is 387 g/mol. The Kier molecular flexibility index (Phi) is 5.01. The summed E-state index contributed by atoms with van der Waals surface area (Å²) in [5, 5.41) is 1.90. The van der Waals surface area contributed by atoms with Gasteiger partial charge in [-0.25, -0.2) is 4.98 Å². The van der Waals surface area contributed by atoms with Gasteiger partial charge in [-0.1, -0.05) is 18.6 Å². The van der Waals surface area contributed by atoms with Crippen LogP contribution in [-0.2, 0) is 12.7 Å². The number of halogens is 3. The molecule has 4 rings (SSSR count). The smallest absolute Gasteiger partial charge is 0.291 e. The van der Waals surface area contributed by atoms with Gasteiger partial charge < -0.3 is 0 Å². The topological polar surface area (TPSA) is 37.6 Å². The summed E-state index contributed by atoms with van der Waals surface area (Å²) in [5.74, 6) is 0. The zero-order chi connectivity index (χ0) is 19.9. The van der Waals surface area contributed by atoms with Crippen molar-refractivity contribution in [3.05, 3.63) is 68.6 Å². The average molecular weight is 407 g/mol. The summed E-state index contributed by atoms with van der Waals surface area (Å²) in [6, 6.07) is 7.02. The number of likely N-dealkylation sites (tertiary alicyclic amines) is 1. The average Bonchev–Trinajstić information content (AvgIpc) is 3.03. The minimum atomic E-state index is -4.33. The summed E-state index contributed by atoms with van der Waals surface area (Å²) in [4.78, 5) is 19.9. The number of aryl methyl sites for hydroxylation is 1. The Bertz CT molecular complexity index is 1040. The van der Waals surface area contributed by atoms with E-state index in [4.69, 9.17) is 0 Å². The lowest BCUT2D eigenvalue weighted by Gasteiger charge is -2.36. The second kappa shape index (κ2) is 7.33. The standard InChI is InChI=1S/C20H20F3N3OS/c1-13-12-28-19-24-16(10-18(27)26(13)19)11-25-9-3-2-4-17(25)14-5-7-15(8-6-14)20(21,22)23/h5-8,10,12,17H,2-4,9,11H2,1H3. The number of aromatic nitrogens is 2. The molecule has 0 saturated carbocycles. The molecule has 1 aliphatic rings. The molecule has 1 unspecified atom stereocenters. The van der Waals surface area contributed by atoms with Crippen molar-refractivity contribution in [1.82, 2.24) is 14.3 Å². The molecule has 1 aromatic carbocycles. The van der Waals surface area contributed by atoms with E-state index in [1.54, 1.807) is 22.6 Å². The third-order valence-electron chi connectivity index (χ3n) is 5.23. The lowest BCUT2D eigenvalue weighted by atomic mass is 9.94. The largest absolute Gasteiger partial charge is 0.416 e. The number of fused-ring (bicyclic) bond motifs is 1. The molecule has 1 saturated heterocycles. The first-order valence-corrected chi connectivity index (χ1v) is 10.1. The zero-order valence-electron chi connectivity index (χ0n) is 15.4. The summed E-state index contributed by atoms with van der Waals surface area (Å²) in [6.07, 6.45) is -1.40. The van der Waals surface area contributed by atoms with E-state index in [1.807, 2.05) is 12.3 Å². The maximum Gasteiger partial charge on any atom is 0.416 e. The van der Waals surface area contributed by atoms with Crippen LogP contribution in [0, 0.1) is 6.92 Å². The Labute approximate surface area is 164 Å².